The van der Waals surface area contributed by atoms with Crippen molar-refractivity contribution >= 4 is 11.8 Å². The number of aromatic nitrogens is 4. The molecule has 1 unspecified atom stereocenters. The topological polar surface area (TPSA) is 77.9 Å². The molecule has 0 aliphatic carbocycles. The van der Waals surface area contributed by atoms with Gasteiger partial charge < -0.3 is 28.9 Å². The molecule has 4 aromatic heterocycles. The molecule has 228 valence electrons. The van der Waals surface area contributed by atoms with Gasteiger partial charge in [0, 0.05) is 75.8 Å². The van der Waals surface area contributed by atoms with E-state index in [-0.39, 0.29) is 31.3 Å². The summed E-state index contributed by atoms with van der Waals surface area (Å²) >= 11 is 0. The van der Waals surface area contributed by atoms with E-state index in [0.29, 0.717) is 13.1 Å². The second-order valence-electron chi connectivity index (χ2n) is 10.8. The molecule has 0 aromatic carbocycles. The summed E-state index contributed by atoms with van der Waals surface area (Å²) in [5.41, 5.74) is 0. The van der Waals surface area contributed by atoms with Crippen LogP contribution in [0.5, 0.6) is 0 Å². The van der Waals surface area contributed by atoms with Gasteiger partial charge in [-0.3, -0.25) is 9.59 Å². The van der Waals surface area contributed by atoms with Crippen LogP contribution < -0.4 is 10.6 Å². The molecule has 8 heteroatoms. The fourth-order valence-electron chi connectivity index (χ4n) is 5.33. The van der Waals surface area contributed by atoms with Gasteiger partial charge in [0.25, 0.3) is 0 Å². The normalized spacial score (nSPS) is 12.4. The van der Waals surface area contributed by atoms with Gasteiger partial charge in [0.1, 0.15) is 12.1 Å². The molecule has 0 bridgehead atoms. The van der Waals surface area contributed by atoms with Crippen LogP contribution in [0.2, 0.25) is 0 Å². The van der Waals surface area contributed by atoms with Gasteiger partial charge in [-0.05, 0) is 106 Å². The third-order valence-corrected chi connectivity index (χ3v) is 7.65. The Kier molecular flexibility index (Phi) is 14.3. The lowest BCUT2D eigenvalue weighted by molar-refractivity contribution is -0.125. The van der Waals surface area contributed by atoms with Gasteiger partial charge in [-0.1, -0.05) is 7.43 Å². The van der Waals surface area contributed by atoms with E-state index < -0.39 is 0 Å². The number of unbranched alkanes of at least 4 members (excludes halogenated alkanes) is 4. The molecule has 8 nitrogen and oxygen atoms in total. The maximum absolute atomic E-state index is 13.0. The van der Waals surface area contributed by atoms with Crippen molar-refractivity contribution in [2.75, 3.05) is 13.1 Å². The minimum Gasteiger partial charge on any atom is -0.354 e. The lowest BCUT2D eigenvalue weighted by Gasteiger charge is -2.19. The fraction of sp³-hybridized carbons (Fsp3) is 0.471. The second kappa shape index (κ2) is 18.5. The Morgan fingerprint density at radius 1 is 0.476 bits per heavy atom. The van der Waals surface area contributed by atoms with E-state index in [4.69, 9.17) is 0 Å². The van der Waals surface area contributed by atoms with Gasteiger partial charge in [-0.2, -0.15) is 0 Å². The summed E-state index contributed by atoms with van der Waals surface area (Å²) in [6.45, 7) is 3.26. The van der Waals surface area contributed by atoms with Crippen LogP contribution in [0.4, 0.5) is 0 Å². The fourth-order valence-corrected chi connectivity index (χ4v) is 5.33. The van der Waals surface area contributed by atoms with Crippen LogP contribution in [0.25, 0.3) is 0 Å². The summed E-state index contributed by atoms with van der Waals surface area (Å²) in [6.07, 6.45) is 24.7. The zero-order valence-corrected chi connectivity index (χ0v) is 24.2. The summed E-state index contributed by atoms with van der Waals surface area (Å²) in [5.74, 6) is 0.170. The lowest BCUT2D eigenvalue weighted by Crippen LogP contribution is -2.33. The lowest BCUT2D eigenvalue weighted by atomic mass is 10.1. The number of aryl methyl sites for hydroxylation is 2. The predicted molar refractivity (Wildman–Crippen MR) is 170 cm³/mol. The van der Waals surface area contributed by atoms with Crippen molar-refractivity contribution in [3.05, 3.63) is 98.1 Å². The summed E-state index contributed by atoms with van der Waals surface area (Å²) in [7, 11) is 0. The molecule has 0 radical (unpaired) electrons. The van der Waals surface area contributed by atoms with Gasteiger partial charge >= 0.3 is 0 Å². The highest BCUT2D eigenvalue weighted by Gasteiger charge is 2.20. The number of rotatable bonds is 20. The predicted octanol–water partition coefficient (Wildman–Crippen LogP) is 6.45. The van der Waals surface area contributed by atoms with E-state index in [0.717, 1.165) is 70.9 Å². The molecule has 42 heavy (non-hydrogen) atoms. The molecule has 0 saturated carbocycles. The molecule has 0 aliphatic heterocycles. The van der Waals surface area contributed by atoms with E-state index >= 15 is 0 Å². The Bertz CT molecular complexity index is 1120. The molecule has 2 amide bonds. The van der Waals surface area contributed by atoms with E-state index in [2.05, 4.69) is 44.6 Å². The number of nitrogens with one attached hydrogen (secondary N) is 2. The molecule has 0 aliphatic rings. The largest absolute Gasteiger partial charge is 0.354 e. The van der Waals surface area contributed by atoms with Crippen molar-refractivity contribution in [3.8, 4) is 0 Å². The first-order chi connectivity index (χ1) is 20.2. The summed E-state index contributed by atoms with van der Waals surface area (Å²) in [6, 6.07) is 15.7. The van der Waals surface area contributed by atoms with Gasteiger partial charge in [-0.15, -0.1) is 0 Å². The molecule has 0 fully saturated rings. The van der Waals surface area contributed by atoms with Crippen LogP contribution in [0.15, 0.2) is 98.1 Å². The third kappa shape index (κ3) is 10.8. The molecule has 0 saturated heterocycles. The summed E-state index contributed by atoms with van der Waals surface area (Å²) in [4.78, 5) is 26.0. The number of amides is 2. The Morgan fingerprint density at radius 2 is 0.833 bits per heavy atom. The molecule has 2 N–H and O–H groups in total. The minimum atomic E-state index is -0.178. The standard InChI is InChI=1S/C33H46N6O2.CH4/c40-32(30(38-26-12-13-27-38)16-2-6-20-36-22-8-9-23-36)34-18-4-1-5-19-35-33(41)31(39-28-14-15-29-39)17-3-7-21-37-24-10-11-25-37;/h8-15,22-31H,1-7,16-21H2,(H,34,40)(H,35,41);1H4/t30-,31?;/m0./s1. The van der Waals surface area contributed by atoms with Crippen molar-refractivity contribution < 1.29 is 9.59 Å². The molecule has 0 spiro atoms. The Morgan fingerprint density at radius 3 is 1.21 bits per heavy atom. The van der Waals surface area contributed by atoms with Crippen LogP contribution >= 0.6 is 0 Å². The number of carbonyl (C=O) groups is 2. The SMILES string of the molecule is C.O=C(NCCCCCNC(=O)[C@H](CCCCn1cccc1)n1cccc1)C(CCCCn1cccc1)n1cccc1. The monoisotopic (exact) mass is 574 g/mol. The minimum absolute atomic E-state index is 0. The molecule has 4 rings (SSSR count). The zero-order valence-electron chi connectivity index (χ0n) is 24.2. The van der Waals surface area contributed by atoms with Crippen molar-refractivity contribution in [2.45, 2.75) is 90.4 Å². The quantitative estimate of drug-likeness (QED) is 0.119. The van der Waals surface area contributed by atoms with Gasteiger partial charge in [0.2, 0.25) is 11.8 Å². The van der Waals surface area contributed by atoms with E-state index in [9.17, 15) is 9.59 Å². The van der Waals surface area contributed by atoms with Crippen LogP contribution in [-0.2, 0) is 22.7 Å². The highest BCUT2D eigenvalue weighted by molar-refractivity contribution is 5.80. The molecular weight excluding hydrogens is 524 g/mol. The first kappa shape index (κ1) is 32.6. The first-order valence-electron chi connectivity index (χ1n) is 15.2. The van der Waals surface area contributed by atoms with Crippen LogP contribution in [0.1, 0.15) is 77.3 Å². The average Bonchev–Trinajstić information content (AvgIpc) is 3.81. The highest BCUT2D eigenvalue weighted by atomic mass is 16.2. The first-order valence-corrected chi connectivity index (χ1v) is 15.2. The maximum atomic E-state index is 13.0. The number of hydrogen-bond acceptors (Lipinski definition) is 2. The van der Waals surface area contributed by atoms with Gasteiger partial charge in [-0.25, -0.2) is 0 Å². The third-order valence-electron chi connectivity index (χ3n) is 7.65. The Balaban J connectivity index is 0.00000484. The maximum Gasteiger partial charge on any atom is 0.243 e. The molecule has 4 aromatic rings. The number of carbonyl (C=O) groups excluding carboxylic acids is 2. The van der Waals surface area contributed by atoms with Crippen molar-refractivity contribution in [2.24, 2.45) is 0 Å². The van der Waals surface area contributed by atoms with E-state index in [1.54, 1.807) is 0 Å². The number of hydrogen-bond donors (Lipinski definition) is 2. The Labute approximate surface area is 251 Å². The molecular formula is C34H50N6O2. The molecule has 2 atom stereocenters. The van der Waals surface area contributed by atoms with Crippen molar-refractivity contribution in [3.63, 3.8) is 0 Å². The average molecular weight is 575 g/mol. The second-order valence-corrected chi connectivity index (χ2v) is 10.8. The van der Waals surface area contributed by atoms with Crippen LogP contribution in [-0.4, -0.2) is 43.2 Å². The van der Waals surface area contributed by atoms with Crippen LogP contribution in [0.3, 0.4) is 0 Å². The zero-order chi connectivity index (χ0) is 28.5. The van der Waals surface area contributed by atoms with E-state index in [1.165, 1.54) is 0 Å². The number of nitrogens with zero attached hydrogens (tertiary/aromatic N) is 4. The van der Waals surface area contributed by atoms with Crippen molar-refractivity contribution in [1.29, 1.82) is 0 Å². The molecule has 4 heterocycles. The smallest absolute Gasteiger partial charge is 0.243 e. The van der Waals surface area contributed by atoms with E-state index in [1.807, 2.05) is 82.5 Å². The summed E-state index contributed by atoms with van der Waals surface area (Å²) < 4.78 is 8.39. The van der Waals surface area contributed by atoms with Crippen LogP contribution in [0, 0.1) is 0 Å². The van der Waals surface area contributed by atoms with Crippen molar-refractivity contribution in [1.82, 2.24) is 28.9 Å². The summed E-state index contributed by atoms with van der Waals surface area (Å²) in [5, 5.41) is 6.29. The highest BCUT2D eigenvalue weighted by Crippen LogP contribution is 2.18. The van der Waals surface area contributed by atoms with Gasteiger partial charge in [0.05, 0.1) is 0 Å². The Hall–Kier alpha value is -3.94. The van der Waals surface area contributed by atoms with Gasteiger partial charge in [0.15, 0.2) is 0 Å².